The minimum Gasteiger partial charge on any atom is -0.497 e. The van der Waals surface area contributed by atoms with Gasteiger partial charge < -0.3 is 10.1 Å². The lowest BCUT2D eigenvalue weighted by Crippen LogP contribution is -2.27. The number of rotatable bonds is 7. The van der Waals surface area contributed by atoms with Crippen molar-refractivity contribution in [1.82, 2.24) is 5.32 Å². The second-order valence-corrected chi connectivity index (χ2v) is 9.48. The molecule has 0 atom stereocenters. The summed E-state index contributed by atoms with van der Waals surface area (Å²) in [6, 6.07) is 14.5. The molecule has 0 bridgehead atoms. The minimum atomic E-state index is -3.89. The van der Waals surface area contributed by atoms with E-state index in [-0.39, 0.29) is 15.5 Å². The number of hydrogen-bond acceptors (Lipinski definition) is 5. The molecule has 0 saturated heterocycles. The highest BCUT2D eigenvalue weighted by molar-refractivity contribution is 7.92. The van der Waals surface area contributed by atoms with Crippen molar-refractivity contribution in [1.29, 1.82) is 0 Å². The van der Waals surface area contributed by atoms with Gasteiger partial charge in [0, 0.05) is 11.9 Å². The number of anilines is 1. The van der Waals surface area contributed by atoms with Gasteiger partial charge in [0.05, 0.1) is 34.8 Å². The zero-order valence-corrected chi connectivity index (χ0v) is 18.1. The van der Waals surface area contributed by atoms with Crippen LogP contribution in [0.25, 0.3) is 0 Å². The maximum absolute atomic E-state index is 13.0. The quantitative estimate of drug-likeness (QED) is 0.586. The Morgan fingerprint density at radius 1 is 1.17 bits per heavy atom. The van der Waals surface area contributed by atoms with Crippen molar-refractivity contribution in [2.75, 3.05) is 18.5 Å². The summed E-state index contributed by atoms with van der Waals surface area (Å²) in [5.74, 6) is 0.184. The van der Waals surface area contributed by atoms with E-state index in [1.165, 1.54) is 43.7 Å². The third-order valence-corrected chi connectivity index (χ3v) is 7.27. The largest absolute Gasteiger partial charge is 0.497 e. The van der Waals surface area contributed by atoms with Crippen LogP contribution < -0.4 is 14.4 Å². The maximum Gasteiger partial charge on any atom is 0.264 e. The predicted molar refractivity (Wildman–Crippen MR) is 116 cm³/mol. The SMILES string of the molecule is COc1ccc(N(C)S(=O)(=O)c2ccc(Cl)c(C(=O)NCc3cccs3)c2)cc1. The first-order valence-electron chi connectivity index (χ1n) is 8.56. The predicted octanol–water partition coefficient (Wildman–Crippen LogP) is 4.17. The fourth-order valence-electron chi connectivity index (χ4n) is 2.60. The van der Waals surface area contributed by atoms with Crippen molar-refractivity contribution < 1.29 is 17.9 Å². The summed E-state index contributed by atoms with van der Waals surface area (Å²) in [6.45, 7) is 0.343. The number of ether oxygens (including phenoxy) is 1. The topological polar surface area (TPSA) is 75.7 Å². The van der Waals surface area contributed by atoms with Gasteiger partial charge in [-0.1, -0.05) is 17.7 Å². The lowest BCUT2D eigenvalue weighted by atomic mass is 10.2. The number of sulfonamides is 1. The molecule has 3 rings (SSSR count). The Balaban J connectivity index is 1.85. The first-order chi connectivity index (χ1) is 13.8. The van der Waals surface area contributed by atoms with Crippen LogP contribution in [0.1, 0.15) is 15.2 Å². The molecule has 0 aliphatic rings. The Bertz CT molecular complexity index is 1100. The van der Waals surface area contributed by atoms with Gasteiger partial charge in [0.2, 0.25) is 0 Å². The highest BCUT2D eigenvalue weighted by Crippen LogP contribution is 2.27. The lowest BCUT2D eigenvalue weighted by Gasteiger charge is -2.20. The van der Waals surface area contributed by atoms with Crippen LogP contribution >= 0.6 is 22.9 Å². The number of halogens is 1. The van der Waals surface area contributed by atoms with Gasteiger partial charge in [0.15, 0.2) is 0 Å². The summed E-state index contributed by atoms with van der Waals surface area (Å²) in [6.07, 6.45) is 0. The third-order valence-electron chi connectivity index (χ3n) is 4.28. The second-order valence-electron chi connectivity index (χ2n) is 6.07. The molecule has 1 N–H and O–H groups in total. The highest BCUT2D eigenvalue weighted by Gasteiger charge is 2.24. The van der Waals surface area contributed by atoms with E-state index in [1.54, 1.807) is 24.3 Å². The van der Waals surface area contributed by atoms with Gasteiger partial charge in [-0.05, 0) is 53.9 Å². The Labute approximate surface area is 178 Å². The molecule has 0 spiro atoms. The van der Waals surface area contributed by atoms with Gasteiger partial charge in [-0.25, -0.2) is 8.42 Å². The fourth-order valence-corrected chi connectivity index (χ4v) is 4.67. The van der Waals surface area contributed by atoms with Crippen LogP contribution in [0.5, 0.6) is 5.75 Å². The Kier molecular flexibility index (Phi) is 6.46. The first kappa shape index (κ1) is 21.2. The van der Waals surface area contributed by atoms with Crippen LogP contribution in [0, 0.1) is 0 Å². The van der Waals surface area contributed by atoms with Gasteiger partial charge in [-0.15, -0.1) is 11.3 Å². The van der Waals surface area contributed by atoms with Crippen molar-refractivity contribution >= 4 is 44.6 Å². The summed E-state index contributed by atoms with van der Waals surface area (Å²) >= 11 is 7.67. The summed E-state index contributed by atoms with van der Waals surface area (Å²) < 4.78 is 32.3. The van der Waals surface area contributed by atoms with Crippen LogP contribution in [0.3, 0.4) is 0 Å². The van der Waals surface area contributed by atoms with E-state index >= 15 is 0 Å². The van der Waals surface area contributed by atoms with E-state index in [2.05, 4.69) is 5.32 Å². The smallest absolute Gasteiger partial charge is 0.264 e. The number of nitrogens with zero attached hydrogens (tertiary/aromatic N) is 1. The summed E-state index contributed by atoms with van der Waals surface area (Å²) in [7, 11) is -0.904. The molecule has 0 unspecified atom stereocenters. The van der Waals surface area contributed by atoms with E-state index in [0.29, 0.717) is 18.0 Å². The van der Waals surface area contributed by atoms with Crippen LogP contribution in [-0.2, 0) is 16.6 Å². The number of methoxy groups -OCH3 is 1. The molecule has 1 aromatic heterocycles. The van der Waals surface area contributed by atoms with Crippen LogP contribution in [0.15, 0.2) is 64.9 Å². The van der Waals surface area contributed by atoms with Crippen LogP contribution in [0.4, 0.5) is 5.69 Å². The molecule has 6 nitrogen and oxygen atoms in total. The number of nitrogens with one attached hydrogen (secondary N) is 1. The van der Waals surface area contributed by atoms with E-state index in [9.17, 15) is 13.2 Å². The first-order valence-corrected chi connectivity index (χ1v) is 11.3. The highest BCUT2D eigenvalue weighted by atomic mass is 35.5. The van der Waals surface area contributed by atoms with E-state index in [0.717, 1.165) is 9.18 Å². The van der Waals surface area contributed by atoms with Gasteiger partial charge in [0.25, 0.3) is 15.9 Å². The van der Waals surface area contributed by atoms with Gasteiger partial charge in [-0.2, -0.15) is 0 Å². The molecule has 1 heterocycles. The monoisotopic (exact) mass is 450 g/mol. The Morgan fingerprint density at radius 3 is 2.52 bits per heavy atom. The van der Waals surface area contributed by atoms with Crippen molar-refractivity contribution in [3.8, 4) is 5.75 Å². The van der Waals surface area contributed by atoms with Crippen molar-refractivity contribution in [3.63, 3.8) is 0 Å². The fraction of sp³-hybridized carbons (Fsp3) is 0.150. The summed E-state index contributed by atoms with van der Waals surface area (Å²) in [4.78, 5) is 13.5. The minimum absolute atomic E-state index is 0.0264. The Hall–Kier alpha value is -2.55. The Morgan fingerprint density at radius 2 is 1.90 bits per heavy atom. The van der Waals surface area contributed by atoms with Gasteiger partial charge >= 0.3 is 0 Å². The zero-order valence-electron chi connectivity index (χ0n) is 15.8. The number of amides is 1. The molecular weight excluding hydrogens is 432 g/mol. The molecular formula is C20H19ClN2O4S2. The summed E-state index contributed by atoms with van der Waals surface area (Å²) in [5.41, 5.74) is 0.567. The molecule has 29 heavy (non-hydrogen) atoms. The second kappa shape index (κ2) is 8.86. The number of carbonyl (C=O) groups is 1. The average Bonchev–Trinajstić information content (AvgIpc) is 3.25. The van der Waals surface area contributed by atoms with Gasteiger partial charge in [-0.3, -0.25) is 9.10 Å². The third kappa shape index (κ3) is 4.72. The summed E-state index contributed by atoms with van der Waals surface area (Å²) in [5, 5.41) is 4.85. The van der Waals surface area contributed by atoms with Crippen molar-refractivity contribution in [2.24, 2.45) is 0 Å². The molecule has 1 amide bonds. The van der Waals surface area contributed by atoms with Gasteiger partial charge in [0.1, 0.15) is 5.75 Å². The molecule has 0 saturated carbocycles. The number of thiophene rings is 1. The molecule has 9 heteroatoms. The van der Waals surface area contributed by atoms with Crippen molar-refractivity contribution in [3.05, 3.63) is 75.4 Å². The molecule has 0 radical (unpaired) electrons. The molecule has 0 fully saturated rings. The standard InChI is InChI=1S/C20H19ClN2O4S2/c1-23(14-5-7-15(27-2)8-6-14)29(25,26)17-9-10-19(21)18(12-17)20(24)22-13-16-4-3-11-28-16/h3-12H,13H2,1-2H3,(H,22,24). The number of carbonyl (C=O) groups excluding carboxylic acids is 1. The zero-order chi connectivity index (χ0) is 21.0. The average molecular weight is 451 g/mol. The van der Waals surface area contributed by atoms with E-state index in [1.807, 2.05) is 17.5 Å². The van der Waals surface area contributed by atoms with Crippen LogP contribution in [0.2, 0.25) is 5.02 Å². The normalized spacial score (nSPS) is 11.1. The lowest BCUT2D eigenvalue weighted by molar-refractivity contribution is 0.0951. The molecule has 152 valence electrons. The molecule has 0 aliphatic heterocycles. The maximum atomic E-state index is 13.0. The molecule has 0 aliphatic carbocycles. The number of hydrogen-bond donors (Lipinski definition) is 1. The molecule has 2 aromatic carbocycles. The van der Waals surface area contributed by atoms with Crippen LogP contribution in [-0.4, -0.2) is 28.5 Å². The van der Waals surface area contributed by atoms with Crippen molar-refractivity contribution in [2.45, 2.75) is 11.4 Å². The van der Waals surface area contributed by atoms with E-state index < -0.39 is 15.9 Å². The van der Waals surface area contributed by atoms with E-state index in [4.69, 9.17) is 16.3 Å². The number of benzene rings is 2. The molecule has 3 aromatic rings.